The third-order valence-corrected chi connectivity index (χ3v) is 4.11. The molecule has 0 aliphatic rings. The largest absolute Gasteiger partial charge is 0.465 e. The van der Waals surface area contributed by atoms with Gasteiger partial charge >= 0.3 is 5.97 Å². The number of H-pyrrole nitrogens is 2. The predicted octanol–water partition coefficient (Wildman–Crippen LogP) is 2.97. The Morgan fingerprint density at radius 2 is 2.00 bits per heavy atom. The number of hydrogen-bond acceptors (Lipinski definition) is 5. The quantitative estimate of drug-likeness (QED) is 0.570. The monoisotopic (exact) mass is 327 g/mol. The Morgan fingerprint density at radius 3 is 2.74 bits per heavy atom. The van der Waals surface area contributed by atoms with Gasteiger partial charge in [0, 0.05) is 11.8 Å². The highest BCUT2D eigenvalue weighted by Crippen LogP contribution is 2.26. The predicted molar refractivity (Wildman–Crippen MR) is 89.8 cm³/mol. The summed E-state index contributed by atoms with van der Waals surface area (Å²) in [7, 11) is 1.32. The Balaban J connectivity index is 1.99. The number of aliphatic imine (C=N–C) groups is 1. The van der Waals surface area contributed by atoms with Gasteiger partial charge in [0.05, 0.1) is 24.1 Å². The zero-order valence-corrected chi connectivity index (χ0v) is 13.0. The fourth-order valence-electron chi connectivity index (χ4n) is 2.11. The number of rotatable bonds is 4. The lowest BCUT2D eigenvalue weighted by Crippen LogP contribution is -2.05. The van der Waals surface area contributed by atoms with Gasteiger partial charge in [0.2, 0.25) is 0 Å². The summed E-state index contributed by atoms with van der Waals surface area (Å²) in [6.45, 7) is 0. The Labute approximate surface area is 135 Å². The van der Waals surface area contributed by atoms with Crippen molar-refractivity contribution in [3.63, 3.8) is 0 Å². The van der Waals surface area contributed by atoms with Crippen LogP contribution in [0.1, 0.15) is 15.2 Å². The summed E-state index contributed by atoms with van der Waals surface area (Å²) in [4.78, 5) is 28.3. The van der Waals surface area contributed by atoms with E-state index in [9.17, 15) is 9.59 Å². The average Bonchev–Trinajstić information content (AvgIpc) is 3.19. The van der Waals surface area contributed by atoms with Crippen LogP contribution < -0.4 is 5.56 Å². The zero-order chi connectivity index (χ0) is 16.2. The standard InChI is InChI=1S/C16H13N3O3S/c1-22-16(21)14-12(7-8-23-14)17-9-11-13(18-19-15(11)20)10-5-3-2-4-6-10/h2-9H,1H3,(H2,18,19,20). The molecule has 0 spiro atoms. The fraction of sp³-hybridized carbons (Fsp3) is 0.0625. The zero-order valence-electron chi connectivity index (χ0n) is 12.2. The molecule has 0 saturated carbocycles. The number of benzene rings is 1. The van der Waals surface area contributed by atoms with Gasteiger partial charge in [-0.2, -0.15) is 0 Å². The smallest absolute Gasteiger partial charge is 0.350 e. The molecule has 0 radical (unpaired) electrons. The van der Waals surface area contributed by atoms with Crippen LogP contribution in [0, 0.1) is 0 Å². The van der Waals surface area contributed by atoms with E-state index in [1.807, 2.05) is 30.3 Å². The van der Waals surface area contributed by atoms with Crippen molar-refractivity contribution in [2.75, 3.05) is 7.11 Å². The molecule has 2 aromatic heterocycles. The van der Waals surface area contributed by atoms with Crippen molar-refractivity contribution in [1.82, 2.24) is 10.2 Å². The van der Waals surface area contributed by atoms with Gasteiger partial charge in [-0.25, -0.2) is 4.79 Å². The first-order chi connectivity index (χ1) is 11.2. The second-order valence-corrected chi connectivity index (χ2v) is 5.53. The van der Waals surface area contributed by atoms with Crippen molar-refractivity contribution >= 4 is 29.2 Å². The third kappa shape index (κ3) is 3.00. The fourth-order valence-corrected chi connectivity index (χ4v) is 2.86. The Morgan fingerprint density at radius 1 is 1.22 bits per heavy atom. The van der Waals surface area contributed by atoms with E-state index >= 15 is 0 Å². The highest BCUT2D eigenvalue weighted by molar-refractivity contribution is 7.12. The van der Waals surface area contributed by atoms with Crippen LogP contribution in [-0.2, 0) is 4.74 Å². The number of thiophene rings is 1. The number of methoxy groups -OCH3 is 1. The molecule has 2 heterocycles. The van der Waals surface area contributed by atoms with E-state index in [0.717, 1.165) is 5.56 Å². The maximum Gasteiger partial charge on any atom is 0.350 e. The molecule has 0 aliphatic carbocycles. The number of carbonyl (C=O) groups is 1. The SMILES string of the molecule is COC(=O)c1sccc1N=Cc1c(-c2ccccc2)[nH][nH]c1=O. The second kappa shape index (κ2) is 6.45. The Bertz CT molecular complexity index is 906. The van der Waals surface area contributed by atoms with E-state index < -0.39 is 5.97 Å². The van der Waals surface area contributed by atoms with Crippen LogP contribution >= 0.6 is 11.3 Å². The highest BCUT2D eigenvalue weighted by atomic mass is 32.1. The minimum atomic E-state index is -0.446. The number of aromatic nitrogens is 2. The van der Waals surface area contributed by atoms with E-state index in [4.69, 9.17) is 4.74 Å². The molecule has 1 aromatic carbocycles. The van der Waals surface area contributed by atoms with Crippen molar-refractivity contribution in [2.24, 2.45) is 4.99 Å². The Kier molecular flexibility index (Phi) is 4.20. The number of aromatic amines is 2. The van der Waals surface area contributed by atoms with E-state index in [1.165, 1.54) is 24.7 Å². The molecule has 116 valence electrons. The van der Waals surface area contributed by atoms with Crippen molar-refractivity contribution in [1.29, 1.82) is 0 Å². The van der Waals surface area contributed by atoms with E-state index in [2.05, 4.69) is 15.2 Å². The number of nitrogens with one attached hydrogen (secondary N) is 2. The van der Waals surface area contributed by atoms with E-state index in [-0.39, 0.29) is 5.56 Å². The summed E-state index contributed by atoms with van der Waals surface area (Å²) in [5.41, 5.74) is 2.11. The Hall–Kier alpha value is -2.93. The molecule has 0 bridgehead atoms. The molecule has 6 nitrogen and oxygen atoms in total. The number of ether oxygens (including phenoxy) is 1. The lowest BCUT2D eigenvalue weighted by molar-refractivity contribution is 0.0607. The third-order valence-electron chi connectivity index (χ3n) is 3.23. The van der Waals surface area contributed by atoms with Crippen LogP contribution in [0.25, 0.3) is 11.3 Å². The lowest BCUT2D eigenvalue weighted by Gasteiger charge is -1.99. The average molecular weight is 327 g/mol. The van der Waals surface area contributed by atoms with Crippen LogP contribution in [0.5, 0.6) is 0 Å². The number of esters is 1. The van der Waals surface area contributed by atoms with Gasteiger partial charge in [-0.05, 0) is 11.4 Å². The molecule has 0 amide bonds. The number of hydrogen-bond donors (Lipinski definition) is 2. The van der Waals surface area contributed by atoms with Crippen LogP contribution in [0.3, 0.4) is 0 Å². The minimum Gasteiger partial charge on any atom is -0.465 e. The first-order valence-corrected chi connectivity index (χ1v) is 7.64. The van der Waals surface area contributed by atoms with Gasteiger partial charge in [0.25, 0.3) is 5.56 Å². The van der Waals surface area contributed by atoms with Crippen LogP contribution in [0.4, 0.5) is 5.69 Å². The summed E-state index contributed by atoms with van der Waals surface area (Å²) >= 11 is 1.24. The topological polar surface area (TPSA) is 87.3 Å². The maximum atomic E-state index is 12.0. The first kappa shape index (κ1) is 15.0. The van der Waals surface area contributed by atoms with E-state index in [0.29, 0.717) is 21.8 Å². The molecule has 0 atom stereocenters. The first-order valence-electron chi connectivity index (χ1n) is 6.76. The number of carbonyl (C=O) groups excluding carboxylic acids is 1. The van der Waals surface area contributed by atoms with Gasteiger partial charge in [-0.15, -0.1) is 11.3 Å². The van der Waals surface area contributed by atoms with Crippen LogP contribution in [0.2, 0.25) is 0 Å². The molecule has 3 aromatic rings. The minimum absolute atomic E-state index is 0.276. The molecule has 3 rings (SSSR count). The molecular weight excluding hydrogens is 314 g/mol. The molecule has 7 heteroatoms. The normalized spacial score (nSPS) is 11.0. The summed E-state index contributed by atoms with van der Waals surface area (Å²) in [6, 6.07) is 11.2. The molecule has 0 fully saturated rings. The molecule has 2 N–H and O–H groups in total. The van der Waals surface area contributed by atoms with Crippen LogP contribution in [-0.4, -0.2) is 29.5 Å². The number of nitrogens with zero attached hydrogens (tertiary/aromatic N) is 1. The maximum absolute atomic E-state index is 12.0. The van der Waals surface area contributed by atoms with Gasteiger partial charge in [-0.1, -0.05) is 30.3 Å². The van der Waals surface area contributed by atoms with Crippen LogP contribution in [0.15, 0.2) is 51.6 Å². The summed E-state index contributed by atoms with van der Waals surface area (Å²) in [6.07, 6.45) is 1.45. The molecular formula is C16H13N3O3S. The summed E-state index contributed by atoms with van der Waals surface area (Å²) in [5.74, 6) is -0.446. The second-order valence-electron chi connectivity index (χ2n) is 4.62. The van der Waals surface area contributed by atoms with Gasteiger partial charge in [-0.3, -0.25) is 20.0 Å². The summed E-state index contributed by atoms with van der Waals surface area (Å²) < 4.78 is 4.71. The molecule has 0 saturated heterocycles. The molecule has 23 heavy (non-hydrogen) atoms. The van der Waals surface area contributed by atoms with Crippen molar-refractivity contribution in [3.8, 4) is 11.3 Å². The van der Waals surface area contributed by atoms with Gasteiger partial charge in [0.15, 0.2) is 0 Å². The lowest BCUT2D eigenvalue weighted by atomic mass is 10.1. The van der Waals surface area contributed by atoms with Gasteiger partial charge < -0.3 is 4.74 Å². The van der Waals surface area contributed by atoms with Crippen molar-refractivity contribution in [3.05, 3.63) is 62.6 Å². The summed E-state index contributed by atoms with van der Waals surface area (Å²) in [5, 5.41) is 7.15. The van der Waals surface area contributed by atoms with Crippen molar-refractivity contribution < 1.29 is 9.53 Å². The van der Waals surface area contributed by atoms with Crippen molar-refractivity contribution in [2.45, 2.75) is 0 Å². The molecule has 0 aliphatic heterocycles. The van der Waals surface area contributed by atoms with E-state index in [1.54, 1.807) is 11.4 Å². The molecule has 0 unspecified atom stereocenters. The highest BCUT2D eigenvalue weighted by Gasteiger charge is 2.14. The van der Waals surface area contributed by atoms with Gasteiger partial charge in [0.1, 0.15) is 4.88 Å².